The van der Waals surface area contributed by atoms with Gasteiger partial charge in [0, 0.05) is 23.7 Å². The van der Waals surface area contributed by atoms with Gasteiger partial charge in [-0.25, -0.2) is 0 Å². The van der Waals surface area contributed by atoms with Gasteiger partial charge in [-0.2, -0.15) is 0 Å². The highest BCUT2D eigenvalue weighted by Gasteiger charge is 2.35. The van der Waals surface area contributed by atoms with Gasteiger partial charge < -0.3 is 21.7 Å². The SMILES string of the molecule is CC(C)(CCC(C)(C)C(=O)C[C@H](N)C(=O)O)C(=O)CC[C@H](N)C(=O)O. The van der Waals surface area contributed by atoms with E-state index in [-0.39, 0.29) is 30.8 Å². The lowest BCUT2D eigenvalue weighted by Crippen LogP contribution is -2.38. The molecular weight excluding hydrogens is 328 g/mol. The number of rotatable bonds is 12. The van der Waals surface area contributed by atoms with Gasteiger partial charge in [-0.05, 0) is 19.3 Å². The molecule has 8 heteroatoms. The molecule has 0 spiro atoms. The maximum Gasteiger partial charge on any atom is 0.320 e. The highest BCUT2D eigenvalue weighted by atomic mass is 16.4. The molecule has 0 aromatic heterocycles. The molecule has 0 radical (unpaired) electrons. The van der Waals surface area contributed by atoms with Crippen molar-refractivity contribution in [3.05, 3.63) is 0 Å². The molecule has 0 saturated heterocycles. The van der Waals surface area contributed by atoms with Crippen molar-refractivity contribution in [2.75, 3.05) is 0 Å². The van der Waals surface area contributed by atoms with Gasteiger partial charge in [-0.15, -0.1) is 0 Å². The third-order valence-electron chi connectivity index (χ3n) is 4.61. The van der Waals surface area contributed by atoms with Crippen molar-refractivity contribution in [2.45, 2.75) is 71.9 Å². The first kappa shape index (κ1) is 23.2. The zero-order valence-corrected chi connectivity index (χ0v) is 15.4. The maximum absolute atomic E-state index is 12.3. The van der Waals surface area contributed by atoms with Crippen molar-refractivity contribution in [3.63, 3.8) is 0 Å². The molecular formula is C17H30N2O6. The topological polar surface area (TPSA) is 161 Å². The summed E-state index contributed by atoms with van der Waals surface area (Å²) in [4.78, 5) is 46.0. The Morgan fingerprint density at radius 2 is 1.20 bits per heavy atom. The van der Waals surface area contributed by atoms with Crippen LogP contribution in [-0.4, -0.2) is 45.8 Å². The number of carbonyl (C=O) groups excluding carboxylic acids is 2. The molecule has 0 aliphatic rings. The van der Waals surface area contributed by atoms with Gasteiger partial charge in [0.1, 0.15) is 23.7 Å². The Bertz CT molecular complexity index is 527. The van der Waals surface area contributed by atoms with Crippen molar-refractivity contribution < 1.29 is 29.4 Å². The number of carboxylic acids is 2. The average Bonchev–Trinajstić information content (AvgIpc) is 2.49. The van der Waals surface area contributed by atoms with Gasteiger partial charge >= 0.3 is 11.9 Å². The van der Waals surface area contributed by atoms with Gasteiger partial charge in [0.15, 0.2) is 0 Å². The van der Waals surface area contributed by atoms with E-state index < -0.39 is 34.9 Å². The molecule has 0 fully saturated rings. The third-order valence-corrected chi connectivity index (χ3v) is 4.61. The average molecular weight is 358 g/mol. The van der Waals surface area contributed by atoms with Crippen LogP contribution in [0.3, 0.4) is 0 Å². The summed E-state index contributed by atoms with van der Waals surface area (Å²) in [7, 11) is 0. The van der Waals surface area contributed by atoms with E-state index >= 15 is 0 Å². The summed E-state index contributed by atoms with van der Waals surface area (Å²) in [6.45, 7) is 6.88. The van der Waals surface area contributed by atoms with E-state index in [1.54, 1.807) is 27.7 Å². The molecule has 0 rings (SSSR count). The van der Waals surface area contributed by atoms with Gasteiger partial charge in [-0.3, -0.25) is 19.2 Å². The fourth-order valence-corrected chi connectivity index (χ4v) is 2.22. The summed E-state index contributed by atoms with van der Waals surface area (Å²) in [5.74, 6) is -2.75. The molecule has 0 bridgehead atoms. The van der Waals surface area contributed by atoms with Crippen LogP contribution in [-0.2, 0) is 19.2 Å². The Balaban J connectivity index is 4.68. The summed E-state index contributed by atoms with van der Waals surface area (Å²) >= 11 is 0. The Morgan fingerprint density at radius 3 is 1.60 bits per heavy atom. The Morgan fingerprint density at radius 1 is 0.800 bits per heavy atom. The van der Waals surface area contributed by atoms with Crippen LogP contribution in [0.15, 0.2) is 0 Å². The molecule has 0 amide bonds. The van der Waals surface area contributed by atoms with Crippen LogP contribution in [0.25, 0.3) is 0 Å². The van der Waals surface area contributed by atoms with E-state index in [0.29, 0.717) is 12.8 Å². The zero-order chi connectivity index (χ0) is 20.0. The largest absolute Gasteiger partial charge is 0.480 e. The van der Waals surface area contributed by atoms with E-state index in [1.165, 1.54) is 0 Å². The minimum Gasteiger partial charge on any atom is -0.480 e. The number of Topliss-reactive ketones (excluding diaryl/α,β-unsaturated/α-hetero) is 2. The molecule has 0 aliphatic heterocycles. The Hall–Kier alpha value is -1.80. The van der Waals surface area contributed by atoms with Gasteiger partial charge in [0.25, 0.3) is 0 Å². The maximum atomic E-state index is 12.3. The molecule has 8 nitrogen and oxygen atoms in total. The van der Waals surface area contributed by atoms with Crippen LogP contribution < -0.4 is 11.5 Å². The van der Waals surface area contributed by atoms with E-state index in [9.17, 15) is 19.2 Å². The number of nitrogens with two attached hydrogens (primary N) is 2. The molecule has 0 aromatic rings. The van der Waals surface area contributed by atoms with Crippen molar-refractivity contribution in [3.8, 4) is 0 Å². The Labute approximate surface area is 147 Å². The number of ketones is 2. The lowest BCUT2D eigenvalue weighted by molar-refractivity contribution is -0.141. The predicted molar refractivity (Wildman–Crippen MR) is 91.9 cm³/mol. The van der Waals surface area contributed by atoms with Crippen molar-refractivity contribution >= 4 is 23.5 Å². The first-order valence-electron chi connectivity index (χ1n) is 8.24. The molecule has 25 heavy (non-hydrogen) atoms. The quantitative estimate of drug-likeness (QED) is 0.401. The minimum atomic E-state index is -1.24. The summed E-state index contributed by atoms with van der Waals surface area (Å²) < 4.78 is 0. The highest BCUT2D eigenvalue weighted by Crippen LogP contribution is 2.34. The fraction of sp³-hybridized carbons (Fsp3) is 0.765. The second-order valence-corrected chi connectivity index (χ2v) is 7.75. The normalized spacial score (nSPS) is 14.6. The number of carbonyl (C=O) groups is 4. The van der Waals surface area contributed by atoms with E-state index in [4.69, 9.17) is 21.7 Å². The fourth-order valence-electron chi connectivity index (χ4n) is 2.22. The van der Waals surface area contributed by atoms with Crippen LogP contribution in [0.1, 0.15) is 59.8 Å². The molecule has 0 aromatic carbocycles. The lowest BCUT2D eigenvalue weighted by atomic mass is 9.73. The number of hydrogen-bond acceptors (Lipinski definition) is 6. The van der Waals surface area contributed by atoms with Crippen LogP contribution in [0.4, 0.5) is 0 Å². The van der Waals surface area contributed by atoms with Crippen LogP contribution in [0.5, 0.6) is 0 Å². The van der Waals surface area contributed by atoms with Crippen LogP contribution in [0.2, 0.25) is 0 Å². The standard InChI is InChI=1S/C17H30N2O6/c1-16(2,12(20)6-5-10(18)14(22)23)7-8-17(3,4)13(21)9-11(19)15(24)25/h10-11H,5-9,18-19H2,1-4H3,(H,22,23)(H,24,25)/t10-,11-/m0/s1. The predicted octanol–water partition coefficient (Wildman–Crippen LogP) is 0.951. The van der Waals surface area contributed by atoms with E-state index in [1.807, 2.05) is 0 Å². The zero-order valence-electron chi connectivity index (χ0n) is 15.4. The summed E-state index contributed by atoms with van der Waals surface area (Å²) in [6, 6.07) is -2.31. The van der Waals surface area contributed by atoms with Gasteiger partial charge in [0.05, 0.1) is 0 Å². The first-order valence-corrected chi connectivity index (χ1v) is 8.24. The van der Waals surface area contributed by atoms with Crippen LogP contribution >= 0.6 is 0 Å². The second-order valence-electron chi connectivity index (χ2n) is 7.75. The third kappa shape index (κ3) is 7.74. The highest BCUT2D eigenvalue weighted by molar-refractivity contribution is 5.89. The summed E-state index contributed by atoms with van der Waals surface area (Å²) in [5.41, 5.74) is 9.27. The van der Waals surface area contributed by atoms with Gasteiger partial charge in [-0.1, -0.05) is 27.7 Å². The van der Waals surface area contributed by atoms with Gasteiger partial charge in [0.2, 0.25) is 0 Å². The molecule has 2 atom stereocenters. The van der Waals surface area contributed by atoms with Crippen molar-refractivity contribution in [1.82, 2.24) is 0 Å². The minimum absolute atomic E-state index is 0.0543. The molecule has 0 unspecified atom stereocenters. The van der Waals surface area contributed by atoms with E-state index in [0.717, 1.165) is 0 Å². The summed E-state index contributed by atoms with van der Waals surface area (Å²) in [6.07, 6.45) is 0.660. The summed E-state index contributed by atoms with van der Waals surface area (Å²) in [5, 5.41) is 17.6. The second kappa shape index (κ2) is 9.05. The molecule has 0 aliphatic carbocycles. The van der Waals surface area contributed by atoms with Crippen LogP contribution in [0, 0.1) is 10.8 Å². The number of aliphatic carboxylic acids is 2. The lowest BCUT2D eigenvalue weighted by Gasteiger charge is -2.30. The van der Waals surface area contributed by atoms with E-state index in [2.05, 4.69) is 0 Å². The molecule has 144 valence electrons. The van der Waals surface area contributed by atoms with Crippen molar-refractivity contribution in [2.24, 2.45) is 22.3 Å². The monoisotopic (exact) mass is 358 g/mol. The van der Waals surface area contributed by atoms with Crippen molar-refractivity contribution in [1.29, 1.82) is 0 Å². The molecule has 6 N–H and O–H groups in total. The smallest absolute Gasteiger partial charge is 0.320 e. The number of hydrogen-bond donors (Lipinski definition) is 4. The number of carboxylic acid groups (broad SMARTS) is 2. The first-order chi connectivity index (χ1) is 11.2. The Kier molecular flexibility index (Phi) is 8.40. The molecule has 0 saturated carbocycles. The molecule has 0 heterocycles.